The van der Waals surface area contributed by atoms with E-state index in [1.807, 2.05) is 0 Å². The lowest BCUT2D eigenvalue weighted by atomic mass is 10.1. The zero-order valence-electron chi connectivity index (χ0n) is 11.9. The molecule has 0 heterocycles. The summed E-state index contributed by atoms with van der Waals surface area (Å²) in [5, 5.41) is 6.66. The standard InChI is InChI=1S/C14H23N3.HI/c1-11-8-6-7-9-12(11)10-16-13(15-5)17-14(2,3)4;/h6-9H,10H2,1-5H3,(H2,15,16,17);1H. The summed E-state index contributed by atoms with van der Waals surface area (Å²) in [6, 6.07) is 8.37. The predicted octanol–water partition coefficient (Wildman–Crippen LogP) is 3.08. The quantitative estimate of drug-likeness (QED) is 0.483. The molecule has 0 unspecified atom stereocenters. The molecule has 2 N–H and O–H groups in total. The van der Waals surface area contributed by atoms with Crippen molar-refractivity contribution in [1.82, 2.24) is 10.6 Å². The highest BCUT2D eigenvalue weighted by Crippen LogP contribution is 2.06. The Balaban J connectivity index is 0.00000289. The van der Waals surface area contributed by atoms with Gasteiger partial charge < -0.3 is 10.6 Å². The zero-order valence-corrected chi connectivity index (χ0v) is 14.2. The Kier molecular flexibility index (Phi) is 7.28. The number of hydrogen-bond donors (Lipinski definition) is 2. The molecule has 0 spiro atoms. The van der Waals surface area contributed by atoms with Crippen molar-refractivity contribution in [3.8, 4) is 0 Å². The van der Waals surface area contributed by atoms with Crippen LogP contribution in [0, 0.1) is 6.92 Å². The molecule has 0 aliphatic carbocycles. The van der Waals surface area contributed by atoms with E-state index in [2.05, 4.69) is 67.6 Å². The van der Waals surface area contributed by atoms with Crippen LogP contribution in [0.15, 0.2) is 29.3 Å². The fourth-order valence-electron chi connectivity index (χ4n) is 1.52. The fraction of sp³-hybridized carbons (Fsp3) is 0.500. The van der Waals surface area contributed by atoms with Gasteiger partial charge in [0.2, 0.25) is 0 Å². The number of rotatable bonds is 2. The number of nitrogens with one attached hydrogen (secondary N) is 2. The van der Waals surface area contributed by atoms with Crippen LogP contribution >= 0.6 is 24.0 Å². The van der Waals surface area contributed by atoms with Crippen LogP contribution in [0.4, 0.5) is 0 Å². The van der Waals surface area contributed by atoms with E-state index in [0.717, 1.165) is 12.5 Å². The maximum Gasteiger partial charge on any atom is 0.191 e. The van der Waals surface area contributed by atoms with Gasteiger partial charge in [-0.1, -0.05) is 24.3 Å². The highest BCUT2D eigenvalue weighted by atomic mass is 127. The maximum absolute atomic E-state index is 4.21. The summed E-state index contributed by atoms with van der Waals surface area (Å²) in [6.45, 7) is 9.27. The molecule has 0 aliphatic heterocycles. The van der Waals surface area contributed by atoms with Crippen LogP contribution in [0.5, 0.6) is 0 Å². The minimum Gasteiger partial charge on any atom is -0.352 e. The molecule has 1 aromatic carbocycles. The molecule has 0 aromatic heterocycles. The molecule has 0 radical (unpaired) electrons. The van der Waals surface area contributed by atoms with Crippen LogP contribution in [0.1, 0.15) is 31.9 Å². The molecular weight excluding hydrogens is 337 g/mol. The first-order chi connectivity index (χ1) is 7.92. The van der Waals surface area contributed by atoms with Gasteiger partial charge in [0.15, 0.2) is 5.96 Å². The van der Waals surface area contributed by atoms with Crippen molar-refractivity contribution < 1.29 is 0 Å². The summed E-state index contributed by atoms with van der Waals surface area (Å²) in [5.41, 5.74) is 2.61. The fourth-order valence-corrected chi connectivity index (χ4v) is 1.52. The van der Waals surface area contributed by atoms with E-state index in [1.54, 1.807) is 7.05 Å². The van der Waals surface area contributed by atoms with Crippen LogP contribution < -0.4 is 10.6 Å². The molecule has 102 valence electrons. The first kappa shape index (κ1) is 17.2. The van der Waals surface area contributed by atoms with Crippen LogP contribution in [0.3, 0.4) is 0 Å². The van der Waals surface area contributed by atoms with Crippen molar-refractivity contribution in [1.29, 1.82) is 0 Å². The maximum atomic E-state index is 4.21. The Morgan fingerprint density at radius 2 is 1.83 bits per heavy atom. The summed E-state index contributed by atoms with van der Waals surface area (Å²) >= 11 is 0. The van der Waals surface area contributed by atoms with Crippen molar-refractivity contribution in [2.75, 3.05) is 7.05 Å². The molecule has 1 aromatic rings. The third-order valence-electron chi connectivity index (χ3n) is 2.42. The molecule has 0 saturated heterocycles. The second-order valence-electron chi connectivity index (χ2n) is 5.23. The molecule has 3 nitrogen and oxygen atoms in total. The Hall–Kier alpha value is -0.780. The lowest BCUT2D eigenvalue weighted by Crippen LogP contribution is -2.47. The third kappa shape index (κ3) is 6.23. The first-order valence-electron chi connectivity index (χ1n) is 5.96. The van der Waals surface area contributed by atoms with Gasteiger partial charge in [0, 0.05) is 19.1 Å². The average Bonchev–Trinajstić information content (AvgIpc) is 2.24. The summed E-state index contributed by atoms with van der Waals surface area (Å²) in [5.74, 6) is 0.834. The molecule has 0 bridgehead atoms. The van der Waals surface area contributed by atoms with Crippen molar-refractivity contribution >= 4 is 29.9 Å². The summed E-state index contributed by atoms with van der Waals surface area (Å²) < 4.78 is 0. The zero-order chi connectivity index (χ0) is 12.9. The van der Waals surface area contributed by atoms with E-state index in [9.17, 15) is 0 Å². The van der Waals surface area contributed by atoms with Gasteiger partial charge in [-0.2, -0.15) is 0 Å². The number of nitrogens with zero attached hydrogens (tertiary/aromatic N) is 1. The van der Waals surface area contributed by atoms with Gasteiger partial charge in [-0.15, -0.1) is 24.0 Å². The summed E-state index contributed by atoms with van der Waals surface area (Å²) in [4.78, 5) is 4.21. The van der Waals surface area contributed by atoms with Gasteiger partial charge in [0.1, 0.15) is 0 Å². The van der Waals surface area contributed by atoms with E-state index in [4.69, 9.17) is 0 Å². The van der Waals surface area contributed by atoms with E-state index in [-0.39, 0.29) is 29.5 Å². The second-order valence-corrected chi connectivity index (χ2v) is 5.23. The van der Waals surface area contributed by atoms with Gasteiger partial charge in [-0.25, -0.2) is 0 Å². The highest BCUT2D eigenvalue weighted by molar-refractivity contribution is 14.0. The topological polar surface area (TPSA) is 36.4 Å². The molecule has 0 saturated carbocycles. The third-order valence-corrected chi connectivity index (χ3v) is 2.42. The Bertz CT molecular complexity index is 394. The molecule has 1 rings (SSSR count). The smallest absolute Gasteiger partial charge is 0.191 e. The summed E-state index contributed by atoms with van der Waals surface area (Å²) in [6.07, 6.45) is 0. The number of hydrogen-bond acceptors (Lipinski definition) is 1. The lowest BCUT2D eigenvalue weighted by Gasteiger charge is -2.24. The Labute approximate surface area is 127 Å². The van der Waals surface area contributed by atoms with Gasteiger partial charge in [0.25, 0.3) is 0 Å². The Morgan fingerprint density at radius 3 is 2.33 bits per heavy atom. The molecule has 4 heteroatoms. The van der Waals surface area contributed by atoms with Gasteiger partial charge in [-0.3, -0.25) is 4.99 Å². The lowest BCUT2D eigenvalue weighted by molar-refractivity contribution is 0.501. The van der Waals surface area contributed by atoms with E-state index in [1.165, 1.54) is 11.1 Å². The van der Waals surface area contributed by atoms with Crippen molar-refractivity contribution in [3.05, 3.63) is 35.4 Å². The number of aliphatic imine (C=N–C) groups is 1. The van der Waals surface area contributed by atoms with Crippen LogP contribution in [-0.4, -0.2) is 18.5 Å². The van der Waals surface area contributed by atoms with E-state index < -0.39 is 0 Å². The second kappa shape index (κ2) is 7.61. The molecule has 0 amide bonds. The molecule has 0 atom stereocenters. The van der Waals surface area contributed by atoms with Gasteiger partial charge in [-0.05, 0) is 38.8 Å². The first-order valence-corrected chi connectivity index (χ1v) is 5.96. The van der Waals surface area contributed by atoms with Crippen molar-refractivity contribution in [3.63, 3.8) is 0 Å². The normalized spacial score (nSPS) is 11.7. The number of aryl methyl sites for hydroxylation is 1. The molecule has 18 heavy (non-hydrogen) atoms. The van der Waals surface area contributed by atoms with Crippen LogP contribution in [0.2, 0.25) is 0 Å². The summed E-state index contributed by atoms with van der Waals surface area (Å²) in [7, 11) is 1.79. The van der Waals surface area contributed by atoms with Gasteiger partial charge in [0.05, 0.1) is 0 Å². The van der Waals surface area contributed by atoms with E-state index >= 15 is 0 Å². The van der Waals surface area contributed by atoms with Crippen molar-refractivity contribution in [2.24, 2.45) is 4.99 Å². The molecule has 0 fully saturated rings. The number of benzene rings is 1. The molecular formula is C14H24IN3. The highest BCUT2D eigenvalue weighted by Gasteiger charge is 2.11. The number of guanidine groups is 1. The average molecular weight is 361 g/mol. The monoisotopic (exact) mass is 361 g/mol. The largest absolute Gasteiger partial charge is 0.352 e. The Morgan fingerprint density at radius 1 is 1.22 bits per heavy atom. The molecule has 0 aliphatic rings. The minimum atomic E-state index is 0. The van der Waals surface area contributed by atoms with Gasteiger partial charge >= 0.3 is 0 Å². The van der Waals surface area contributed by atoms with Crippen molar-refractivity contribution in [2.45, 2.75) is 39.8 Å². The SMILES string of the molecule is CN=C(NCc1ccccc1C)NC(C)(C)C.I. The predicted molar refractivity (Wildman–Crippen MR) is 89.7 cm³/mol. The minimum absolute atomic E-state index is 0. The van der Waals surface area contributed by atoms with Crippen LogP contribution in [-0.2, 0) is 6.54 Å². The van der Waals surface area contributed by atoms with E-state index in [0.29, 0.717) is 0 Å². The van der Waals surface area contributed by atoms with Crippen LogP contribution in [0.25, 0.3) is 0 Å². The number of halogens is 1.